The molecule has 8 nitrogen and oxygen atoms in total. The van der Waals surface area contributed by atoms with E-state index in [0.717, 1.165) is 43.8 Å². The summed E-state index contributed by atoms with van der Waals surface area (Å²) in [7, 11) is 9.87. The minimum Gasteiger partial charge on any atom is -0.324 e. The van der Waals surface area contributed by atoms with Crippen LogP contribution in [-0.4, -0.2) is 58.8 Å². The van der Waals surface area contributed by atoms with Crippen molar-refractivity contribution in [1.29, 1.82) is 0 Å². The van der Waals surface area contributed by atoms with E-state index in [-0.39, 0.29) is 0 Å². The molecule has 3 aromatic heterocycles. The van der Waals surface area contributed by atoms with E-state index in [1.165, 1.54) is 0 Å². The summed E-state index contributed by atoms with van der Waals surface area (Å²) in [6, 6.07) is 32.2. The number of aromatic amines is 2. The molecule has 0 saturated carbocycles. The van der Waals surface area contributed by atoms with Crippen molar-refractivity contribution in [1.82, 2.24) is 39.9 Å². The Hall–Kier alpha value is -4.38. The Balaban J connectivity index is 0.000000892. The predicted molar refractivity (Wildman–Crippen MR) is 174 cm³/mol. The van der Waals surface area contributed by atoms with Crippen LogP contribution in [-0.2, 0) is 0 Å². The zero-order valence-corrected chi connectivity index (χ0v) is 26.5. The number of H-pyrrole nitrogens is 2. The van der Waals surface area contributed by atoms with Gasteiger partial charge in [-0.05, 0) is 0 Å². The van der Waals surface area contributed by atoms with E-state index in [9.17, 15) is 0 Å². The van der Waals surface area contributed by atoms with Gasteiger partial charge >= 0.3 is 36.7 Å². The van der Waals surface area contributed by atoms with E-state index >= 15 is 0 Å². The van der Waals surface area contributed by atoms with Crippen molar-refractivity contribution < 1.29 is 0 Å². The molecule has 0 fully saturated rings. The zero-order chi connectivity index (χ0) is 28.9. The molecule has 43 heavy (non-hydrogen) atoms. The summed E-state index contributed by atoms with van der Waals surface area (Å²) >= 11 is -0.826. The van der Waals surface area contributed by atoms with Crippen LogP contribution in [0.25, 0.3) is 89.7 Å². The Morgan fingerprint density at radius 1 is 0.372 bits per heavy atom. The van der Waals surface area contributed by atoms with Crippen molar-refractivity contribution in [2.24, 2.45) is 0 Å². The summed E-state index contributed by atoms with van der Waals surface area (Å²) in [6.07, 6.45) is 0. The van der Waals surface area contributed by atoms with Gasteiger partial charge in [0.15, 0.2) is 23.3 Å². The quantitative estimate of drug-likeness (QED) is 0.156. The molecule has 0 saturated heterocycles. The maximum atomic E-state index is 5.02. The third kappa shape index (κ3) is 4.45. The first kappa shape index (κ1) is 26.3. The molecule has 11 heteroatoms. The van der Waals surface area contributed by atoms with Crippen molar-refractivity contribution in [2.75, 3.05) is 0 Å². The largest absolute Gasteiger partial charge is 0.324 e. The first-order chi connectivity index (χ1) is 21.2. The van der Waals surface area contributed by atoms with E-state index in [1.54, 1.807) is 0 Å². The number of nitrogens with one attached hydrogen (secondary N) is 2. The monoisotopic (exact) mass is 704 g/mol. The van der Waals surface area contributed by atoms with Crippen LogP contribution in [0, 0.1) is 0 Å². The molecule has 2 aliphatic rings. The predicted octanol–water partition coefficient (Wildman–Crippen LogP) is 7.87. The summed E-state index contributed by atoms with van der Waals surface area (Å²) in [6.45, 7) is 0. The zero-order valence-electron chi connectivity index (χ0n) is 22.2. The second-order valence-corrected chi connectivity index (χ2v) is 14.1. The first-order valence-electron chi connectivity index (χ1n) is 13.4. The van der Waals surface area contributed by atoms with Crippen LogP contribution >= 0.6 is 17.8 Å². The molecule has 7 aromatic rings. The molecule has 0 aliphatic carbocycles. The second-order valence-electron chi connectivity index (χ2n) is 9.86. The molecule has 8 bridgehead atoms. The molecular weight excluding hydrogens is 686 g/mol. The van der Waals surface area contributed by atoms with Crippen LogP contribution in [0.2, 0.25) is 0 Å². The van der Waals surface area contributed by atoms with Gasteiger partial charge in [-0.15, -0.1) is 0 Å². The second kappa shape index (κ2) is 10.7. The minimum absolute atomic E-state index is 0.597. The molecule has 2 N–H and O–H groups in total. The van der Waals surface area contributed by atoms with Gasteiger partial charge in [0.2, 0.25) is 0 Å². The molecule has 5 heterocycles. The average molecular weight is 704 g/mol. The SMILES string of the molecule is [Cl][Sn+2][Cl].c1ccc2c(c1)-c1nc-2nc2[nH]c(nc3nc(nc4[nH]c(n1)c1ccccc41)-c1ccccc1-3)c1ccccc21. The van der Waals surface area contributed by atoms with Gasteiger partial charge in [-0.2, -0.15) is 0 Å². The van der Waals surface area contributed by atoms with E-state index in [0.29, 0.717) is 45.9 Å². The standard InChI is InChI=1S/C32H18N8.2ClH.Sn/c1-2-10-18-17(9-1)25-33-26(18)38-28-21-13-5-6-14-22(21)30(35-28)40-32-24-16-8-7-15-23(24)31(36-32)39-29-20-12-4-3-11-19(20)27(34-29)37-25;;;/h1-16H,(H2,33,34,35,36,37,38,39,40);2*1H;/q;;;+4/p-2. The third-order valence-corrected chi connectivity index (χ3v) is 7.46. The first-order valence-corrected chi connectivity index (χ1v) is 20.6. The molecular formula is C32H18Cl2N8Sn+2. The fourth-order valence-electron chi connectivity index (χ4n) is 5.59. The van der Waals surface area contributed by atoms with Crippen molar-refractivity contribution in [3.05, 3.63) is 97.1 Å². The molecule has 0 unspecified atom stereocenters. The minimum atomic E-state index is -0.826. The van der Waals surface area contributed by atoms with Crippen LogP contribution in [0.4, 0.5) is 0 Å². The summed E-state index contributed by atoms with van der Waals surface area (Å²) < 4.78 is 0. The molecule has 4 aromatic carbocycles. The summed E-state index contributed by atoms with van der Waals surface area (Å²) in [5, 5.41) is 3.82. The summed E-state index contributed by atoms with van der Waals surface area (Å²) in [5.41, 5.74) is 6.45. The van der Waals surface area contributed by atoms with Crippen LogP contribution in [0.3, 0.4) is 0 Å². The number of halogens is 2. The smallest absolute Gasteiger partial charge is 0.164 e. The molecule has 0 atom stereocenters. The van der Waals surface area contributed by atoms with Crippen molar-refractivity contribution in [2.45, 2.75) is 0 Å². The van der Waals surface area contributed by atoms with Crippen LogP contribution in [0.5, 0.6) is 0 Å². The molecule has 0 amide bonds. The number of hydrogen-bond acceptors (Lipinski definition) is 6. The molecule has 202 valence electrons. The number of benzene rings is 4. The van der Waals surface area contributed by atoms with Gasteiger partial charge < -0.3 is 9.97 Å². The third-order valence-electron chi connectivity index (χ3n) is 7.46. The maximum absolute atomic E-state index is 5.02. The van der Waals surface area contributed by atoms with Gasteiger partial charge in [-0.1, -0.05) is 97.1 Å². The Morgan fingerprint density at radius 3 is 0.860 bits per heavy atom. The van der Waals surface area contributed by atoms with E-state index in [4.69, 9.17) is 47.7 Å². The molecule has 0 radical (unpaired) electrons. The number of rotatable bonds is 0. The summed E-state index contributed by atoms with van der Waals surface area (Å²) in [5.74, 6) is 2.39. The Labute approximate surface area is 261 Å². The Morgan fingerprint density at radius 2 is 0.605 bits per heavy atom. The van der Waals surface area contributed by atoms with E-state index in [2.05, 4.69) is 9.97 Å². The number of hydrogen-bond donors (Lipinski definition) is 2. The maximum Gasteiger partial charge on any atom is 0.164 e. The van der Waals surface area contributed by atoms with Crippen molar-refractivity contribution in [3.63, 3.8) is 0 Å². The topological polar surface area (TPSA) is 109 Å². The van der Waals surface area contributed by atoms with Gasteiger partial charge in [0, 0.05) is 43.8 Å². The molecule has 0 spiro atoms. The number of aromatic nitrogens is 8. The van der Waals surface area contributed by atoms with Gasteiger partial charge in [-0.25, -0.2) is 29.9 Å². The van der Waals surface area contributed by atoms with E-state index < -0.39 is 18.9 Å². The molecule has 2 aliphatic heterocycles. The Bertz CT molecular complexity index is 2060. The average Bonchev–Trinajstić information content (AvgIpc) is 3.77. The summed E-state index contributed by atoms with van der Waals surface area (Å²) in [4.78, 5) is 36.8. The fraction of sp³-hybridized carbons (Fsp3) is 0. The van der Waals surface area contributed by atoms with Crippen LogP contribution in [0.1, 0.15) is 0 Å². The Kier molecular flexibility index (Phi) is 6.54. The number of fused-ring (bicyclic) bond motifs is 20. The van der Waals surface area contributed by atoms with Crippen LogP contribution < -0.4 is 0 Å². The fourth-order valence-corrected chi connectivity index (χ4v) is 5.59. The molecule has 9 rings (SSSR count). The van der Waals surface area contributed by atoms with Crippen molar-refractivity contribution in [3.8, 4) is 45.6 Å². The van der Waals surface area contributed by atoms with Crippen molar-refractivity contribution >= 4 is 80.9 Å². The van der Waals surface area contributed by atoms with Gasteiger partial charge in [0.1, 0.15) is 22.6 Å². The normalized spacial score (nSPS) is 11.4. The van der Waals surface area contributed by atoms with Crippen LogP contribution in [0.15, 0.2) is 97.1 Å². The van der Waals surface area contributed by atoms with E-state index in [1.807, 2.05) is 97.1 Å². The van der Waals surface area contributed by atoms with Gasteiger partial charge in [0.25, 0.3) is 0 Å². The van der Waals surface area contributed by atoms with Gasteiger partial charge in [-0.3, -0.25) is 0 Å². The van der Waals surface area contributed by atoms with Gasteiger partial charge in [0.05, 0.1) is 0 Å². The number of nitrogens with zero attached hydrogens (tertiary/aromatic N) is 6.